The Hall–Kier alpha value is -5.06. The molecule has 0 aromatic rings. The first-order chi connectivity index (χ1) is 22.2. The lowest BCUT2D eigenvalue weighted by atomic mass is 10.0. The number of nitrogens with two attached hydrogens (primary N) is 5. The number of hydrogen-bond donors (Lipinski definition) is 14. The molecule has 2 heterocycles. The van der Waals surface area contributed by atoms with Crippen LogP contribution in [0.25, 0.3) is 0 Å². The highest BCUT2D eigenvalue weighted by atomic mass is 16.3. The van der Waals surface area contributed by atoms with Crippen LogP contribution in [0, 0.1) is 0 Å². The van der Waals surface area contributed by atoms with Gasteiger partial charge in [-0.3, -0.25) is 28.8 Å². The molecule has 47 heavy (non-hydrogen) atoms. The molecule has 2 rings (SSSR count). The van der Waals surface area contributed by atoms with Crippen molar-refractivity contribution in [2.45, 2.75) is 61.9 Å². The van der Waals surface area contributed by atoms with E-state index in [1.54, 1.807) is 0 Å². The summed E-state index contributed by atoms with van der Waals surface area (Å²) in [6, 6.07) is -8.68. The Balaban J connectivity index is 2.47. The van der Waals surface area contributed by atoms with E-state index in [0.29, 0.717) is 19.4 Å². The maximum atomic E-state index is 13.5. The first-order valence-electron chi connectivity index (χ1n) is 14.7. The predicted molar refractivity (Wildman–Crippen MR) is 165 cm³/mol. The summed E-state index contributed by atoms with van der Waals surface area (Å²) in [6.45, 7) is -1.28. The van der Waals surface area contributed by atoms with E-state index in [1.807, 2.05) is 5.32 Å². The zero-order valence-corrected chi connectivity index (χ0v) is 25.5. The summed E-state index contributed by atoms with van der Waals surface area (Å²) in [5, 5.41) is 28.7. The number of primary amides is 1. The molecule has 1 saturated heterocycles. The number of urea groups is 1. The number of aliphatic imine (C=N–C) groups is 1. The van der Waals surface area contributed by atoms with Crippen LogP contribution in [0.3, 0.4) is 0 Å². The second-order valence-electron chi connectivity index (χ2n) is 10.7. The third kappa shape index (κ3) is 12.7. The van der Waals surface area contributed by atoms with E-state index in [9.17, 15) is 38.7 Å². The minimum Gasteiger partial charge on any atom is -0.394 e. The molecular weight excluding hydrogens is 624 g/mol. The Morgan fingerprint density at radius 1 is 1.02 bits per heavy atom. The maximum Gasteiger partial charge on any atom is 0.316 e. The fourth-order valence-corrected chi connectivity index (χ4v) is 4.33. The molecule has 0 saturated carbocycles. The van der Waals surface area contributed by atoms with Gasteiger partial charge in [0.05, 0.1) is 12.6 Å². The molecular formula is C25H44N14O8. The van der Waals surface area contributed by atoms with Gasteiger partial charge in [-0.2, -0.15) is 0 Å². The third-order valence-electron chi connectivity index (χ3n) is 6.88. The standard InChI is InChI=1S/C25H44N14O8/c26-4-1-2-11(27)6-17(41)32-8-14-20(43)35-15(9-34-25(30)47)21(44)39-18(13-3-5-31-24(29)38-13)23(46)33-7-12(28)19(42)37-16(10-40)22(45)36-14/h9,11-14,16,18,40H,1-8,10,26-28H2,(H,32,41)(H,33,46)(H,35,43)(H,36,45)(H,37,42)(H,39,44)(H3,29,31,38)(H3,30,34,47)/t11?,12?,13-,14?,16+,18?/m1/s1. The van der Waals surface area contributed by atoms with Crippen molar-refractivity contribution >= 4 is 47.4 Å². The molecule has 2 aliphatic heterocycles. The molecule has 19 N–H and O–H groups in total. The van der Waals surface area contributed by atoms with Gasteiger partial charge < -0.3 is 76.3 Å². The minimum absolute atomic E-state index is 0.0120. The highest BCUT2D eigenvalue weighted by Crippen LogP contribution is 2.09. The molecule has 0 aliphatic carbocycles. The highest BCUT2D eigenvalue weighted by Gasteiger charge is 2.35. The van der Waals surface area contributed by atoms with Gasteiger partial charge in [0.25, 0.3) is 5.91 Å². The summed E-state index contributed by atoms with van der Waals surface area (Å²) in [5.41, 5.74) is 27.6. The van der Waals surface area contributed by atoms with Crippen LogP contribution >= 0.6 is 0 Å². The number of amides is 8. The van der Waals surface area contributed by atoms with Crippen molar-refractivity contribution in [2.75, 3.05) is 32.8 Å². The minimum atomic E-state index is -1.63. The molecule has 0 spiro atoms. The molecule has 0 aromatic heterocycles. The fourth-order valence-electron chi connectivity index (χ4n) is 4.33. The highest BCUT2D eigenvalue weighted by molar-refractivity contribution is 6.02. The normalized spacial score (nSPS) is 26.3. The lowest BCUT2D eigenvalue weighted by Gasteiger charge is -2.29. The second kappa shape index (κ2) is 18.8. The number of aliphatic hydroxyl groups is 1. The number of carbonyl (C=O) groups excluding carboxylic acids is 7. The fraction of sp³-hybridized carbons (Fsp3) is 0.600. The predicted octanol–water partition coefficient (Wildman–Crippen LogP) is -8.23. The van der Waals surface area contributed by atoms with Crippen molar-refractivity contribution in [3.8, 4) is 0 Å². The number of hydrogen-bond acceptors (Lipinski definition) is 14. The van der Waals surface area contributed by atoms with E-state index in [0.717, 1.165) is 6.20 Å². The Morgan fingerprint density at radius 3 is 2.36 bits per heavy atom. The molecule has 8 amide bonds. The van der Waals surface area contributed by atoms with E-state index < -0.39 is 103 Å². The van der Waals surface area contributed by atoms with Gasteiger partial charge >= 0.3 is 6.03 Å². The summed E-state index contributed by atoms with van der Waals surface area (Å²) in [5.74, 6) is -5.65. The van der Waals surface area contributed by atoms with E-state index in [1.165, 1.54) is 0 Å². The topological polar surface area (TPSA) is 378 Å². The molecule has 2 aliphatic rings. The molecule has 1 fully saturated rings. The molecule has 0 bridgehead atoms. The first kappa shape index (κ1) is 38.1. The zero-order valence-electron chi connectivity index (χ0n) is 25.5. The summed E-state index contributed by atoms with van der Waals surface area (Å²) in [6.07, 6.45) is 1.85. The average molecular weight is 669 g/mol. The van der Waals surface area contributed by atoms with Crippen LogP contribution in [0.2, 0.25) is 0 Å². The van der Waals surface area contributed by atoms with E-state index >= 15 is 0 Å². The molecule has 0 radical (unpaired) electrons. The Morgan fingerprint density at radius 2 is 1.72 bits per heavy atom. The van der Waals surface area contributed by atoms with E-state index in [2.05, 4.69) is 42.2 Å². The van der Waals surface area contributed by atoms with Crippen molar-refractivity contribution in [1.82, 2.24) is 42.5 Å². The van der Waals surface area contributed by atoms with Crippen LogP contribution in [0.1, 0.15) is 25.7 Å². The maximum absolute atomic E-state index is 13.5. The number of aliphatic hydroxyl groups excluding tert-OH is 1. The number of nitrogens with one attached hydrogen (secondary N) is 8. The van der Waals surface area contributed by atoms with E-state index in [-0.39, 0.29) is 25.3 Å². The quantitative estimate of drug-likeness (QED) is 0.0963. The summed E-state index contributed by atoms with van der Waals surface area (Å²) in [4.78, 5) is 94.0. The Labute approximate surface area is 269 Å². The van der Waals surface area contributed by atoms with Crippen LogP contribution < -0.4 is 71.2 Å². The van der Waals surface area contributed by atoms with Gasteiger partial charge in [-0.05, 0) is 25.8 Å². The molecule has 262 valence electrons. The molecule has 22 nitrogen and oxygen atoms in total. The SMILES string of the molecule is NCCCC(N)CC(=O)NCC1NC(=O)[C@H](CO)NC(=O)C(N)CNC(=O)C([C@H]2CCNC(N)=N2)NC(=O)C(=CNC(N)=O)NC1=O. The average Bonchev–Trinajstić information content (AvgIpc) is 3.02. The van der Waals surface area contributed by atoms with Gasteiger partial charge in [-0.25, -0.2) is 9.79 Å². The molecule has 4 unspecified atom stereocenters. The van der Waals surface area contributed by atoms with Gasteiger partial charge in [0.1, 0.15) is 29.9 Å². The smallest absolute Gasteiger partial charge is 0.316 e. The van der Waals surface area contributed by atoms with Crippen LogP contribution in [0.4, 0.5) is 4.79 Å². The van der Waals surface area contributed by atoms with Crippen molar-refractivity contribution in [1.29, 1.82) is 0 Å². The van der Waals surface area contributed by atoms with Crippen molar-refractivity contribution in [2.24, 2.45) is 33.7 Å². The van der Waals surface area contributed by atoms with Crippen LogP contribution in [-0.4, -0.2) is 122 Å². The van der Waals surface area contributed by atoms with E-state index in [4.69, 9.17) is 28.7 Å². The zero-order chi connectivity index (χ0) is 35.1. The largest absolute Gasteiger partial charge is 0.394 e. The van der Waals surface area contributed by atoms with Gasteiger partial charge in [0.15, 0.2) is 5.96 Å². The summed E-state index contributed by atoms with van der Waals surface area (Å²) >= 11 is 0. The summed E-state index contributed by atoms with van der Waals surface area (Å²) < 4.78 is 0. The van der Waals surface area contributed by atoms with Gasteiger partial charge in [0, 0.05) is 38.3 Å². The second-order valence-corrected chi connectivity index (χ2v) is 10.7. The number of nitrogens with zero attached hydrogens (tertiary/aromatic N) is 1. The van der Waals surface area contributed by atoms with Crippen LogP contribution in [-0.2, 0) is 28.8 Å². The number of carbonyl (C=O) groups is 7. The molecule has 0 aromatic carbocycles. The van der Waals surface area contributed by atoms with Gasteiger partial charge in [0.2, 0.25) is 29.5 Å². The number of guanidine groups is 1. The van der Waals surface area contributed by atoms with Gasteiger partial charge in [-0.15, -0.1) is 0 Å². The lowest BCUT2D eigenvalue weighted by Crippen LogP contribution is -2.62. The van der Waals surface area contributed by atoms with Gasteiger partial charge in [-0.1, -0.05) is 0 Å². The lowest BCUT2D eigenvalue weighted by molar-refractivity contribution is -0.134. The van der Waals surface area contributed by atoms with Crippen LogP contribution in [0.5, 0.6) is 0 Å². The van der Waals surface area contributed by atoms with Crippen molar-refractivity contribution < 1.29 is 38.7 Å². The van der Waals surface area contributed by atoms with Crippen molar-refractivity contribution in [3.05, 3.63) is 11.9 Å². The van der Waals surface area contributed by atoms with Crippen LogP contribution in [0.15, 0.2) is 16.9 Å². The Kier molecular flexibility index (Phi) is 15.2. The molecule has 6 atom stereocenters. The molecule has 22 heteroatoms. The number of rotatable bonds is 10. The Bertz CT molecular complexity index is 1240. The third-order valence-corrected chi connectivity index (χ3v) is 6.88. The summed E-state index contributed by atoms with van der Waals surface area (Å²) in [7, 11) is 0. The first-order valence-corrected chi connectivity index (χ1v) is 14.7. The van der Waals surface area contributed by atoms with Crippen molar-refractivity contribution in [3.63, 3.8) is 0 Å². The monoisotopic (exact) mass is 668 g/mol.